The van der Waals surface area contributed by atoms with Gasteiger partial charge in [-0.2, -0.15) is 0 Å². The van der Waals surface area contributed by atoms with E-state index >= 15 is 0 Å². The fourth-order valence-electron chi connectivity index (χ4n) is 15.2. The Hall–Kier alpha value is -10.2. The number of fused-ring (bicyclic) bond motifs is 8. The molecule has 0 amide bonds. The number of aliphatic hydroxyl groups excluding tert-OH is 1. The van der Waals surface area contributed by atoms with Crippen LogP contribution in [0.5, 0.6) is 23.0 Å². The highest BCUT2D eigenvalue weighted by Crippen LogP contribution is 2.46. The van der Waals surface area contributed by atoms with E-state index in [2.05, 4.69) is 138 Å². The smallest absolute Gasteiger partial charge is 0.317 e. The van der Waals surface area contributed by atoms with E-state index in [1.165, 1.54) is 36.4 Å². The van der Waals surface area contributed by atoms with Gasteiger partial charge < -0.3 is 89.1 Å². The first-order chi connectivity index (χ1) is 60.4. The van der Waals surface area contributed by atoms with Crippen LogP contribution >= 0.6 is 127 Å². The van der Waals surface area contributed by atoms with Gasteiger partial charge in [0.05, 0.1) is 118 Å². The Labute approximate surface area is 816 Å². The van der Waals surface area contributed by atoms with Crippen molar-refractivity contribution in [3.05, 3.63) is 341 Å². The van der Waals surface area contributed by atoms with Crippen molar-refractivity contribution in [2.24, 2.45) is 0 Å². The van der Waals surface area contributed by atoms with Gasteiger partial charge in [0.25, 0.3) is 0 Å². The van der Waals surface area contributed by atoms with Crippen molar-refractivity contribution < 1.29 is 142 Å². The molecule has 0 bridgehead atoms. The van der Waals surface area contributed by atoms with Crippen LogP contribution < -0.4 is 55.2 Å². The summed E-state index contributed by atoms with van der Waals surface area (Å²) in [6.45, 7) is 0.0813. The first-order valence-corrected chi connectivity index (χ1v) is 44.9. The average Bonchev–Trinajstić information content (AvgIpc) is 0.755. The number of anilines is 4. The predicted octanol–water partition coefficient (Wildman–Crippen LogP) is 12.3. The number of ketones is 8. The quantitative estimate of drug-likeness (QED) is 0.00641. The summed E-state index contributed by atoms with van der Waals surface area (Å²) in [4.78, 5) is 145. The van der Waals surface area contributed by atoms with E-state index in [0.717, 1.165) is 22.3 Å². The molecule has 0 saturated heterocycles. The summed E-state index contributed by atoms with van der Waals surface area (Å²) in [5, 5.41) is 62.7. The third-order valence-corrected chi connectivity index (χ3v) is 26.3. The summed E-state index contributed by atoms with van der Waals surface area (Å²) in [6, 6.07) is 52.4. The van der Waals surface area contributed by atoms with Gasteiger partial charge in [0.2, 0.25) is 11.6 Å². The topological polar surface area (TPSA) is 383 Å². The Morgan fingerprint density at radius 1 is 0.312 bits per heavy atom. The number of benzene rings is 12. The molecule has 650 valence electrons. The largest absolute Gasteiger partial charge is 1.00 e. The molecule has 128 heavy (non-hydrogen) atoms. The van der Waals surface area contributed by atoms with Crippen LogP contribution in [0, 0.1) is 0 Å². The molecule has 0 saturated carbocycles. The number of rotatable bonds is 25. The first-order valence-electron chi connectivity index (χ1n) is 38.5. The number of carbonyl (C=O) groups is 11. The third kappa shape index (κ3) is 19.8. The van der Waals surface area contributed by atoms with Gasteiger partial charge >= 0.3 is 17.9 Å². The molecule has 0 spiro atoms. The molecular weight excluding hydrogens is 2300 g/mol. The van der Waals surface area contributed by atoms with Crippen LogP contribution in [0.4, 0.5) is 45.5 Å². The lowest BCUT2D eigenvalue weighted by molar-refractivity contribution is -0.480. The summed E-state index contributed by atoms with van der Waals surface area (Å²) in [5.74, 6) is -6.51. The summed E-state index contributed by atoms with van der Waals surface area (Å²) in [7, 11) is 0. The van der Waals surface area contributed by atoms with Gasteiger partial charge in [-0.1, -0.05) is 97.1 Å². The highest BCUT2D eigenvalue weighted by atomic mass is 79.9. The number of aliphatic hydroxyl groups is 1. The number of phenolic OH excluding ortho intramolecular Hbond substituents is 4. The van der Waals surface area contributed by atoms with E-state index in [1.807, 2.05) is 24.3 Å². The molecule has 0 aromatic heterocycles. The highest BCUT2D eigenvalue weighted by molar-refractivity contribution is 9.12. The van der Waals surface area contributed by atoms with Gasteiger partial charge in [0.15, 0.2) is 52.4 Å². The van der Waals surface area contributed by atoms with E-state index in [1.54, 1.807) is 144 Å². The minimum atomic E-state index is -1.40. The second kappa shape index (κ2) is 40.9. The fraction of sp³-hybridized carbons (Fsp3) is 0.117. The summed E-state index contributed by atoms with van der Waals surface area (Å²) in [6.07, 6.45) is -1.01. The van der Waals surface area contributed by atoms with Crippen molar-refractivity contribution >= 4 is 237 Å². The Balaban J connectivity index is 0.000000215. The molecule has 12 aromatic rings. The predicted molar refractivity (Wildman–Crippen MR) is 491 cm³/mol. The minimum Gasteiger partial charge on any atom is -1.00 e. The van der Waals surface area contributed by atoms with Crippen molar-refractivity contribution in [1.29, 1.82) is 0 Å². The van der Waals surface area contributed by atoms with Gasteiger partial charge in [-0.05, 0) is 241 Å². The van der Waals surface area contributed by atoms with Gasteiger partial charge in [-0.25, -0.2) is 0 Å². The van der Waals surface area contributed by atoms with E-state index in [9.17, 15) is 78.3 Å². The average molecular weight is 2370 g/mol. The Kier molecular flexibility index (Phi) is 30.5. The minimum absolute atomic E-state index is 0. The Morgan fingerprint density at radius 3 is 0.852 bits per heavy atom. The number of esters is 3. The third-order valence-electron chi connectivity index (χ3n) is 21.2. The maximum absolute atomic E-state index is 13.6. The molecule has 11 N–H and O–H groups in total. The second-order valence-electron chi connectivity index (χ2n) is 29.1. The Bertz CT molecular complexity index is 6430. The number of hydrogen-bond donors (Lipinski definition) is 9. The number of carbonyl (C=O) groups excluding carboxylic acids is 11. The van der Waals surface area contributed by atoms with Gasteiger partial charge in [0.1, 0.15) is 40.8 Å². The molecule has 24 nitrogen and oxygen atoms in total. The molecule has 1 atom stereocenters. The maximum atomic E-state index is 13.6. The molecule has 0 aliphatic heterocycles. The van der Waals surface area contributed by atoms with Crippen LogP contribution in [0.3, 0.4) is 0 Å². The number of nitrogens with two attached hydrogens (primary N) is 2. The lowest BCUT2D eigenvalue weighted by atomic mass is 9.82. The lowest BCUT2D eigenvalue weighted by Crippen LogP contribution is -3.00. The number of hydrogen-bond acceptors (Lipinski definition) is 22. The summed E-state index contributed by atoms with van der Waals surface area (Å²) in [5.41, 5.74) is 9.45. The molecule has 4 aliphatic rings. The van der Waals surface area contributed by atoms with Crippen LogP contribution in [0.15, 0.2) is 230 Å². The molecule has 0 heterocycles. The Morgan fingerprint density at radius 2 is 0.555 bits per heavy atom. The van der Waals surface area contributed by atoms with E-state index < -0.39 is 65.3 Å². The number of ether oxygens (including phenoxy) is 4. The summed E-state index contributed by atoms with van der Waals surface area (Å²) < 4.78 is 26.7. The first kappa shape index (κ1) is 95.4. The van der Waals surface area contributed by atoms with Gasteiger partial charge in [-0.3, -0.25) is 63.4 Å². The number of phenols is 4. The molecule has 4 aliphatic carbocycles. The van der Waals surface area contributed by atoms with Crippen molar-refractivity contribution in [2.45, 2.75) is 44.8 Å². The van der Waals surface area contributed by atoms with Crippen LogP contribution in [0.1, 0.15) is 162 Å². The van der Waals surface area contributed by atoms with Gasteiger partial charge in [-0.15, -0.1) is 0 Å². The number of nitrogens with one attached hydrogen (secondary N) is 2. The second-order valence-corrected chi connectivity index (χ2v) is 36.0. The maximum Gasteiger partial charge on any atom is 0.317 e. The zero-order valence-electron chi connectivity index (χ0n) is 65.9. The van der Waals surface area contributed by atoms with Crippen LogP contribution in [0.25, 0.3) is 0 Å². The van der Waals surface area contributed by atoms with Crippen molar-refractivity contribution in [2.75, 3.05) is 37.1 Å². The van der Waals surface area contributed by atoms with Crippen LogP contribution in [0.2, 0.25) is 0 Å². The molecule has 0 fully saturated rings. The SMILES string of the molecule is O=C(CC(=O)OCCc1cc(Br)c(Nc2ccc(O)c3c2C(=O)c2ccccc2C3=O)c(Br)c1)OCCc1cc(Br)c(Nc2ccc(O)c3c2C(=O)c2ccccc2C3=O)c(Br)c1.O=C(CC(O)OCCc1cc(Br)c([NH2+]c2ccc(O)c3c2C(=O)c2ccccc2C3=O)c(Br)c1)OCCc1cc(Br)c([NH2+]c2ccc(O)c3c2C(=O)c2ccccc2C3=O)c(Br)c1.[Br-].[Br-]. The van der Waals surface area contributed by atoms with Crippen molar-refractivity contribution in [1.82, 2.24) is 0 Å². The number of quaternary nitrogens is 2. The van der Waals surface area contributed by atoms with E-state index in [-0.39, 0.29) is 190 Å². The number of aromatic hydroxyl groups is 4. The summed E-state index contributed by atoms with van der Waals surface area (Å²) >= 11 is 28.7. The van der Waals surface area contributed by atoms with Crippen LogP contribution in [-0.4, -0.2) is 122 Å². The lowest BCUT2D eigenvalue weighted by Gasteiger charge is -2.22. The molecule has 16 rings (SSSR count). The fourth-order valence-corrected chi connectivity index (χ4v) is 21.1. The van der Waals surface area contributed by atoms with Crippen LogP contribution in [-0.2, 0) is 59.0 Å². The van der Waals surface area contributed by atoms with Crippen molar-refractivity contribution in [3.63, 3.8) is 0 Å². The molecule has 0 radical (unpaired) electrons. The molecule has 12 aromatic carbocycles. The molecule has 34 heteroatoms. The monoisotopic (exact) mass is 2360 g/mol. The van der Waals surface area contributed by atoms with E-state index in [0.29, 0.717) is 107 Å². The molecular formula is C94H64Br10N4O20. The van der Waals surface area contributed by atoms with E-state index in [4.69, 9.17) is 18.9 Å². The van der Waals surface area contributed by atoms with Gasteiger partial charge in [0, 0.05) is 93.8 Å². The standard InChI is InChI=1S/C47H32Br4N2O10.C47H30Br4N2O10.2BrH/c2*48-28-17-22(18-29(49)42(28)52-32-9-11-34(54)40-38(32)44(58)24-5-1-3-7-26(24)46(40)60)13-15-62-36(56)21-37(57)63-16-14-23-19-30(50)43(31(51)20-23)53-33-10-12-35(55)41-39(33)45(59)25-6-2-4-8-27(25)47(41)61;;/h1-12,17-20,36,52-56H,13-16,21H2;1-12,17-20,52-55H,13-16,21H2;2*1H. The normalized spacial score (nSPS) is 12.7. The zero-order valence-corrected chi connectivity index (χ0v) is 81.8. The van der Waals surface area contributed by atoms with Crippen molar-refractivity contribution in [3.8, 4) is 23.0 Å². The zero-order chi connectivity index (χ0) is 89.4. The number of halogens is 10. The highest BCUT2D eigenvalue weighted by Gasteiger charge is 2.41. The molecule has 1 unspecified atom stereocenters.